The number of benzene rings is 2. The molecule has 7 heteroatoms. The summed E-state index contributed by atoms with van der Waals surface area (Å²) in [4.78, 5) is 16.0. The molecule has 0 spiro atoms. The smallest absolute Gasteiger partial charge is 0.255 e. The predicted octanol–water partition coefficient (Wildman–Crippen LogP) is 4.10. The molecule has 154 valence electrons. The number of ether oxygens (including phenoxy) is 1. The van der Waals surface area contributed by atoms with Gasteiger partial charge in [0.05, 0.1) is 5.56 Å². The number of fused-ring (bicyclic) bond motifs is 1. The van der Waals surface area contributed by atoms with Gasteiger partial charge in [-0.3, -0.25) is 9.20 Å². The molecule has 31 heavy (non-hydrogen) atoms. The van der Waals surface area contributed by atoms with Crippen molar-refractivity contribution in [3.05, 3.63) is 77.5 Å². The lowest BCUT2D eigenvalue weighted by atomic mass is 10.1. The van der Waals surface area contributed by atoms with E-state index in [1.165, 1.54) is 0 Å². The molecule has 2 aromatic carbocycles. The molecular weight excluding hydrogens is 390 g/mol. The van der Waals surface area contributed by atoms with Crippen LogP contribution in [-0.2, 0) is 4.79 Å². The van der Waals surface area contributed by atoms with E-state index >= 15 is 0 Å². The Morgan fingerprint density at radius 3 is 2.58 bits per heavy atom. The van der Waals surface area contributed by atoms with Crippen LogP contribution in [0.25, 0.3) is 16.9 Å². The zero-order valence-electron chi connectivity index (χ0n) is 17.2. The van der Waals surface area contributed by atoms with E-state index in [2.05, 4.69) is 11.4 Å². The minimum Gasteiger partial charge on any atom is -0.483 e. The number of nitrogens with one attached hydrogen (secondary N) is 1. The summed E-state index contributed by atoms with van der Waals surface area (Å²) < 4.78 is 7.49. The zero-order valence-corrected chi connectivity index (χ0v) is 17.2. The standard InChI is InChI=1S/C24H21N5O2/c1-15-6-5-7-16(2)22(15)28-24-23(27-21-11-10-17(12-25)13-29(21)24)18-8-3-4-9-19(18)31-14-20(26)30/h3-11,13,28H,14H2,1-2H3,(H2,26,30). The van der Waals surface area contributed by atoms with Crippen LogP contribution in [0.3, 0.4) is 0 Å². The topological polar surface area (TPSA) is 105 Å². The Kier molecular flexibility index (Phi) is 5.29. The van der Waals surface area contributed by atoms with E-state index in [-0.39, 0.29) is 6.61 Å². The highest BCUT2D eigenvalue weighted by molar-refractivity contribution is 5.84. The van der Waals surface area contributed by atoms with Crippen LogP contribution in [0, 0.1) is 25.2 Å². The van der Waals surface area contributed by atoms with Crippen LogP contribution in [0.15, 0.2) is 60.8 Å². The van der Waals surface area contributed by atoms with Gasteiger partial charge in [0.25, 0.3) is 5.91 Å². The Bertz CT molecular complexity index is 1310. The number of nitrogens with two attached hydrogens (primary N) is 1. The third-order valence-corrected chi connectivity index (χ3v) is 4.98. The van der Waals surface area contributed by atoms with Gasteiger partial charge in [0.15, 0.2) is 6.61 Å². The predicted molar refractivity (Wildman–Crippen MR) is 119 cm³/mol. The molecule has 0 fully saturated rings. The van der Waals surface area contributed by atoms with E-state index in [1.807, 2.05) is 54.6 Å². The number of pyridine rings is 1. The van der Waals surface area contributed by atoms with Crippen LogP contribution in [0.4, 0.5) is 11.5 Å². The second-order valence-electron chi connectivity index (χ2n) is 7.21. The molecule has 7 nitrogen and oxygen atoms in total. The second-order valence-corrected chi connectivity index (χ2v) is 7.21. The van der Waals surface area contributed by atoms with Crippen LogP contribution in [0.5, 0.6) is 5.75 Å². The molecule has 3 N–H and O–H groups in total. The quantitative estimate of drug-likeness (QED) is 0.497. The number of nitriles is 1. The first-order valence-corrected chi connectivity index (χ1v) is 9.74. The molecule has 0 aliphatic heterocycles. The average Bonchev–Trinajstić information content (AvgIpc) is 3.12. The van der Waals surface area contributed by atoms with Crippen molar-refractivity contribution in [3.63, 3.8) is 0 Å². The lowest BCUT2D eigenvalue weighted by Gasteiger charge is -2.15. The minimum atomic E-state index is -0.558. The van der Waals surface area contributed by atoms with Gasteiger partial charge in [-0.25, -0.2) is 4.98 Å². The maximum absolute atomic E-state index is 11.2. The van der Waals surface area contributed by atoms with Gasteiger partial charge in [-0.1, -0.05) is 30.3 Å². The van der Waals surface area contributed by atoms with Crippen molar-refractivity contribution in [2.24, 2.45) is 5.73 Å². The summed E-state index contributed by atoms with van der Waals surface area (Å²) in [7, 11) is 0. The van der Waals surface area contributed by atoms with Crippen LogP contribution >= 0.6 is 0 Å². The molecule has 0 saturated carbocycles. The van der Waals surface area contributed by atoms with Crippen molar-refractivity contribution in [3.8, 4) is 23.1 Å². The molecule has 1 amide bonds. The third kappa shape index (κ3) is 3.91. The number of para-hydroxylation sites is 2. The number of aromatic nitrogens is 2. The van der Waals surface area contributed by atoms with Crippen molar-refractivity contribution in [2.75, 3.05) is 11.9 Å². The summed E-state index contributed by atoms with van der Waals surface area (Å²) in [6, 6.07) is 19.1. The van der Waals surface area contributed by atoms with E-state index < -0.39 is 5.91 Å². The first-order valence-electron chi connectivity index (χ1n) is 9.74. The highest BCUT2D eigenvalue weighted by Crippen LogP contribution is 2.37. The van der Waals surface area contributed by atoms with Gasteiger partial charge >= 0.3 is 0 Å². The van der Waals surface area contributed by atoms with Crippen LogP contribution in [-0.4, -0.2) is 21.9 Å². The van der Waals surface area contributed by atoms with Gasteiger partial charge in [0, 0.05) is 17.4 Å². The van der Waals surface area contributed by atoms with Gasteiger partial charge in [0.2, 0.25) is 0 Å². The highest BCUT2D eigenvalue weighted by Gasteiger charge is 2.19. The number of rotatable bonds is 6. The summed E-state index contributed by atoms with van der Waals surface area (Å²) in [6.07, 6.45) is 1.74. The number of hydrogen-bond acceptors (Lipinski definition) is 5. The number of carbonyl (C=O) groups excluding carboxylic acids is 1. The summed E-state index contributed by atoms with van der Waals surface area (Å²) in [5.74, 6) is 0.631. The summed E-state index contributed by atoms with van der Waals surface area (Å²) in [6.45, 7) is 3.83. The molecule has 0 atom stereocenters. The Morgan fingerprint density at radius 2 is 1.87 bits per heavy atom. The lowest BCUT2D eigenvalue weighted by Crippen LogP contribution is -2.20. The number of amides is 1. The van der Waals surface area contributed by atoms with E-state index in [0.717, 1.165) is 16.8 Å². The van der Waals surface area contributed by atoms with Crippen molar-refractivity contribution in [1.82, 2.24) is 9.38 Å². The molecule has 0 aliphatic rings. The van der Waals surface area contributed by atoms with Gasteiger partial charge in [0.1, 0.15) is 29.0 Å². The lowest BCUT2D eigenvalue weighted by molar-refractivity contribution is -0.119. The van der Waals surface area contributed by atoms with Gasteiger partial charge in [-0.2, -0.15) is 5.26 Å². The maximum Gasteiger partial charge on any atom is 0.255 e. The monoisotopic (exact) mass is 411 g/mol. The number of carbonyl (C=O) groups is 1. The van der Waals surface area contributed by atoms with Crippen molar-refractivity contribution >= 4 is 23.1 Å². The second kappa shape index (κ2) is 8.20. The average molecular weight is 411 g/mol. The molecule has 4 aromatic rings. The van der Waals surface area contributed by atoms with E-state index in [4.69, 9.17) is 15.5 Å². The Hall–Kier alpha value is -4.31. The van der Waals surface area contributed by atoms with Crippen molar-refractivity contribution in [2.45, 2.75) is 13.8 Å². The summed E-state index contributed by atoms with van der Waals surface area (Å²) >= 11 is 0. The largest absolute Gasteiger partial charge is 0.483 e. The van der Waals surface area contributed by atoms with Gasteiger partial charge < -0.3 is 15.8 Å². The molecule has 0 unspecified atom stereocenters. The van der Waals surface area contributed by atoms with Gasteiger partial charge in [-0.15, -0.1) is 0 Å². The Morgan fingerprint density at radius 1 is 1.13 bits per heavy atom. The molecule has 0 aliphatic carbocycles. The number of aryl methyl sites for hydroxylation is 2. The number of primary amides is 1. The minimum absolute atomic E-state index is 0.234. The zero-order chi connectivity index (χ0) is 22.0. The summed E-state index contributed by atoms with van der Waals surface area (Å²) in [5, 5.41) is 12.9. The first-order chi connectivity index (χ1) is 15.0. The van der Waals surface area contributed by atoms with Gasteiger partial charge in [-0.05, 0) is 49.2 Å². The summed E-state index contributed by atoms with van der Waals surface area (Å²) in [5.41, 5.74) is 10.9. The van der Waals surface area contributed by atoms with E-state index in [9.17, 15) is 10.1 Å². The Balaban J connectivity index is 1.93. The van der Waals surface area contributed by atoms with E-state index in [0.29, 0.717) is 34.0 Å². The molecule has 2 heterocycles. The highest BCUT2D eigenvalue weighted by atomic mass is 16.5. The SMILES string of the molecule is Cc1cccc(C)c1Nc1c(-c2ccccc2OCC(N)=O)nc2ccc(C#N)cn12. The fourth-order valence-corrected chi connectivity index (χ4v) is 3.49. The third-order valence-electron chi connectivity index (χ3n) is 4.98. The number of hydrogen-bond donors (Lipinski definition) is 2. The van der Waals surface area contributed by atoms with Crippen LogP contribution < -0.4 is 15.8 Å². The van der Waals surface area contributed by atoms with E-state index in [1.54, 1.807) is 24.4 Å². The molecule has 0 bridgehead atoms. The number of anilines is 2. The fraction of sp³-hybridized carbons (Fsp3) is 0.125. The molecular formula is C24H21N5O2. The number of imidazole rings is 1. The normalized spacial score (nSPS) is 10.6. The first kappa shape index (κ1) is 20.0. The maximum atomic E-state index is 11.2. The van der Waals surface area contributed by atoms with Crippen LogP contribution in [0.1, 0.15) is 16.7 Å². The molecule has 0 radical (unpaired) electrons. The van der Waals surface area contributed by atoms with Crippen molar-refractivity contribution < 1.29 is 9.53 Å². The van der Waals surface area contributed by atoms with Crippen molar-refractivity contribution in [1.29, 1.82) is 5.26 Å². The fourth-order valence-electron chi connectivity index (χ4n) is 3.49. The molecule has 0 saturated heterocycles. The Labute approximate surface area is 179 Å². The molecule has 2 aromatic heterocycles. The molecule has 4 rings (SSSR count). The van der Waals surface area contributed by atoms with Crippen LogP contribution in [0.2, 0.25) is 0 Å². The number of nitrogens with zero attached hydrogens (tertiary/aromatic N) is 3.